The maximum absolute atomic E-state index is 11.7. The smallest absolute Gasteiger partial charge is 0.224 e. The zero-order valence-corrected chi connectivity index (χ0v) is 10.5. The van der Waals surface area contributed by atoms with Gasteiger partial charge in [-0.3, -0.25) is 4.79 Å². The molecule has 1 aromatic carbocycles. The van der Waals surface area contributed by atoms with E-state index in [9.17, 15) is 4.79 Å². The van der Waals surface area contributed by atoms with Gasteiger partial charge >= 0.3 is 0 Å². The largest absolute Gasteiger partial charge is 0.380 e. The SMILES string of the molecule is CCOCCNC(=O)Cc1c[nH]c2ccccc12. The van der Waals surface area contributed by atoms with Crippen molar-refractivity contribution in [3.05, 3.63) is 36.0 Å². The van der Waals surface area contributed by atoms with Crippen molar-refractivity contribution < 1.29 is 9.53 Å². The predicted octanol–water partition coefficient (Wildman–Crippen LogP) is 1.86. The van der Waals surface area contributed by atoms with Gasteiger partial charge in [0.2, 0.25) is 5.91 Å². The number of benzene rings is 1. The van der Waals surface area contributed by atoms with E-state index in [1.807, 2.05) is 37.4 Å². The minimum atomic E-state index is 0.0273. The van der Waals surface area contributed by atoms with E-state index in [1.54, 1.807) is 0 Å². The van der Waals surface area contributed by atoms with Crippen molar-refractivity contribution in [1.82, 2.24) is 10.3 Å². The second-order valence-electron chi connectivity index (χ2n) is 4.08. The number of hydrogen-bond acceptors (Lipinski definition) is 2. The summed E-state index contributed by atoms with van der Waals surface area (Å²) >= 11 is 0. The molecule has 0 fully saturated rings. The summed E-state index contributed by atoms with van der Waals surface area (Å²) in [6, 6.07) is 7.98. The summed E-state index contributed by atoms with van der Waals surface area (Å²) in [5, 5.41) is 3.95. The molecule has 4 nitrogen and oxygen atoms in total. The second-order valence-corrected chi connectivity index (χ2v) is 4.08. The summed E-state index contributed by atoms with van der Waals surface area (Å²) in [5.41, 5.74) is 2.09. The molecule has 18 heavy (non-hydrogen) atoms. The van der Waals surface area contributed by atoms with Gasteiger partial charge in [-0.1, -0.05) is 18.2 Å². The molecule has 0 aliphatic rings. The number of carbonyl (C=O) groups is 1. The van der Waals surface area contributed by atoms with Crippen molar-refractivity contribution in [1.29, 1.82) is 0 Å². The maximum Gasteiger partial charge on any atom is 0.224 e. The summed E-state index contributed by atoms with van der Waals surface area (Å²) in [6.07, 6.45) is 2.29. The molecule has 0 unspecified atom stereocenters. The van der Waals surface area contributed by atoms with Crippen LogP contribution in [0.2, 0.25) is 0 Å². The average Bonchev–Trinajstić information content (AvgIpc) is 2.78. The van der Waals surface area contributed by atoms with E-state index in [-0.39, 0.29) is 5.91 Å². The highest BCUT2D eigenvalue weighted by atomic mass is 16.5. The molecule has 0 radical (unpaired) electrons. The predicted molar refractivity (Wildman–Crippen MR) is 71.5 cm³/mol. The third-order valence-corrected chi connectivity index (χ3v) is 2.80. The molecule has 2 aromatic rings. The highest BCUT2D eigenvalue weighted by Gasteiger charge is 2.07. The molecular formula is C14H18N2O2. The van der Waals surface area contributed by atoms with Gasteiger partial charge in [0.15, 0.2) is 0 Å². The number of aromatic amines is 1. The Bertz CT molecular complexity index is 519. The Morgan fingerprint density at radius 3 is 3.06 bits per heavy atom. The minimum absolute atomic E-state index is 0.0273. The summed E-state index contributed by atoms with van der Waals surface area (Å²) in [6.45, 7) is 3.75. The average molecular weight is 246 g/mol. The zero-order valence-electron chi connectivity index (χ0n) is 10.5. The Morgan fingerprint density at radius 1 is 1.39 bits per heavy atom. The van der Waals surface area contributed by atoms with E-state index in [0.29, 0.717) is 26.2 Å². The van der Waals surface area contributed by atoms with Gasteiger partial charge in [-0.15, -0.1) is 0 Å². The molecule has 0 saturated carbocycles. The third kappa shape index (κ3) is 3.11. The Hall–Kier alpha value is -1.81. The molecule has 1 heterocycles. The number of fused-ring (bicyclic) bond motifs is 1. The maximum atomic E-state index is 11.7. The lowest BCUT2D eigenvalue weighted by Gasteiger charge is -2.04. The standard InChI is InChI=1S/C14H18N2O2/c1-2-18-8-7-15-14(17)9-11-10-16-13-6-4-3-5-12(11)13/h3-6,10,16H,2,7-9H2,1H3,(H,15,17). The van der Waals surface area contributed by atoms with Crippen molar-refractivity contribution in [2.45, 2.75) is 13.3 Å². The minimum Gasteiger partial charge on any atom is -0.380 e. The molecule has 1 amide bonds. The lowest BCUT2D eigenvalue weighted by atomic mass is 10.1. The molecule has 1 aromatic heterocycles. The number of carbonyl (C=O) groups excluding carboxylic acids is 1. The van der Waals surface area contributed by atoms with E-state index < -0.39 is 0 Å². The normalized spacial score (nSPS) is 10.7. The van der Waals surface area contributed by atoms with Gasteiger partial charge in [0.25, 0.3) is 0 Å². The van der Waals surface area contributed by atoms with Gasteiger partial charge in [-0.25, -0.2) is 0 Å². The Balaban J connectivity index is 1.91. The van der Waals surface area contributed by atoms with Crippen molar-refractivity contribution >= 4 is 16.8 Å². The van der Waals surface area contributed by atoms with Gasteiger partial charge in [0, 0.05) is 30.3 Å². The first-order valence-electron chi connectivity index (χ1n) is 6.20. The van der Waals surface area contributed by atoms with Crippen LogP contribution in [0.15, 0.2) is 30.5 Å². The first kappa shape index (κ1) is 12.6. The fourth-order valence-corrected chi connectivity index (χ4v) is 1.92. The quantitative estimate of drug-likeness (QED) is 0.764. The van der Waals surface area contributed by atoms with Crippen LogP contribution in [-0.2, 0) is 16.0 Å². The molecule has 0 aliphatic heterocycles. The Labute approximate surface area is 106 Å². The molecule has 4 heteroatoms. The van der Waals surface area contributed by atoms with E-state index in [1.165, 1.54) is 0 Å². The number of para-hydroxylation sites is 1. The van der Waals surface area contributed by atoms with Crippen LogP contribution < -0.4 is 5.32 Å². The van der Waals surface area contributed by atoms with E-state index >= 15 is 0 Å². The molecule has 2 N–H and O–H groups in total. The van der Waals surface area contributed by atoms with Crippen LogP contribution in [0.25, 0.3) is 10.9 Å². The van der Waals surface area contributed by atoms with Crippen LogP contribution >= 0.6 is 0 Å². The van der Waals surface area contributed by atoms with Crippen LogP contribution in [0.4, 0.5) is 0 Å². The van der Waals surface area contributed by atoms with Crippen LogP contribution in [0.1, 0.15) is 12.5 Å². The van der Waals surface area contributed by atoms with Gasteiger partial charge in [0.1, 0.15) is 0 Å². The first-order chi connectivity index (χ1) is 8.81. The lowest BCUT2D eigenvalue weighted by Crippen LogP contribution is -2.28. The molecule has 0 bridgehead atoms. The molecule has 0 saturated heterocycles. The van der Waals surface area contributed by atoms with Crippen LogP contribution in [0, 0.1) is 0 Å². The topological polar surface area (TPSA) is 54.1 Å². The zero-order chi connectivity index (χ0) is 12.8. The summed E-state index contributed by atoms with van der Waals surface area (Å²) in [4.78, 5) is 14.9. The third-order valence-electron chi connectivity index (χ3n) is 2.80. The lowest BCUT2D eigenvalue weighted by molar-refractivity contribution is -0.120. The Kier molecular flexibility index (Phi) is 4.36. The van der Waals surface area contributed by atoms with E-state index in [4.69, 9.17) is 4.74 Å². The molecular weight excluding hydrogens is 228 g/mol. The van der Waals surface area contributed by atoms with Crippen molar-refractivity contribution in [2.24, 2.45) is 0 Å². The number of H-pyrrole nitrogens is 1. The number of nitrogens with one attached hydrogen (secondary N) is 2. The fourth-order valence-electron chi connectivity index (χ4n) is 1.92. The van der Waals surface area contributed by atoms with Crippen molar-refractivity contribution in [2.75, 3.05) is 19.8 Å². The highest BCUT2D eigenvalue weighted by Crippen LogP contribution is 2.17. The second kappa shape index (κ2) is 6.21. The molecule has 0 atom stereocenters. The van der Waals surface area contributed by atoms with Crippen LogP contribution in [0.5, 0.6) is 0 Å². The van der Waals surface area contributed by atoms with Gasteiger partial charge in [0.05, 0.1) is 13.0 Å². The fraction of sp³-hybridized carbons (Fsp3) is 0.357. The van der Waals surface area contributed by atoms with Gasteiger partial charge < -0.3 is 15.0 Å². The number of ether oxygens (including phenoxy) is 1. The summed E-state index contributed by atoms with van der Waals surface area (Å²) in [7, 11) is 0. The van der Waals surface area contributed by atoms with Gasteiger partial charge in [-0.2, -0.15) is 0 Å². The Morgan fingerprint density at radius 2 is 2.22 bits per heavy atom. The van der Waals surface area contributed by atoms with Crippen LogP contribution in [0.3, 0.4) is 0 Å². The number of amides is 1. The number of hydrogen-bond donors (Lipinski definition) is 2. The van der Waals surface area contributed by atoms with Crippen molar-refractivity contribution in [3.63, 3.8) is 0 Å². The highest BCUT2D eigenvalue weighted by molar-refractivity contribution is 5.88. The number of rotatable bonds is 6. The van der Waals surface area contributed by atoms with E-state index in [2.05, 4.69) is 10.3 Å². The summed E-state index contributed by atoms with van der Waals surface area (Å²) < 4.78 is 5.17. The summed E-state index contributed by atoms with van der Waals surface area (Å²) in [5.74, 6) is 0.0273. The molecule has 96 valence electrons. The monoisotopic (exact) mass is 246 g/mol. The number of aromatic nitrogens is 1. The molecule has 0 aliphatic carbocycles. The van der Waals surface area contributed by atoms with E-state index in [0.717, 1.165) is 16.5 Å². The van der Waals surface area contributed by atoms with Gasteiger partial charge in [-0.05, 0) is 18.6 Å². The van der Waals surface area contributed by atoms with Crippen molar-refractivity contribution in [3.8, 4) is 0 Å². The van der Waals surface area contributed by atoms with Crippen LogP contribution in [-0.4, -0.2) is 30.6 Å². The molecule has 0 spiro atoms. The molecule has 2 rings (SSSR count). The first-order valence-corrected chi connectivity index (χ1v) is 6.20.